The molecule has 1 atom stereocenters. The van der Waals surface area contributed by atoms with Gasteiger partial charge in [-0.1, -0.05) is 97.1 Å². The molecule has 0 radical (unpaired) electrons. The van der Waals surface area contributed by atoms with E-state index in [1.165, 1.54) is 0 Å². The maximum absolute atomic E-state index is 11.6. The number of ether oxygens (including phenoxy) is 3. The van der Waals surface area contributed by atoms with Crippen molar-refractivity contribution in [2.75, 3.05) is 7.11 Å². The fourth-order valence-electron chi connectivity index (χ4n) is 4.58. The molecule has 196 valence electrons. The van der Waals surface area contributed by atoms with Crippen LogP contribution in [0.25, 0.3) is 0 Å². The largest absolute Gasteiger partial charge is 0.497 e. The quantitative estimate of drug-likeness (QED) is 0.195. The molecule has 0 amide bonds. The smallest absolute Gasteiger partial charge is 0.119 e. The van der Waals surface area contributed by atoms with Crippen LogP contribution in [0.1, 0.15) is 39.8 Å². The molecular formula is C35H32O4. The number of benzene rings is 5. The summed E-state index contributed by atoms with van der Waals surface area (Å²) in [4.78, 5) is 0. The van der Waals surface area contributed by atoms with Crippen molar-refractivity contribution < 1.29 is 19.3 Å². The Morgan fingerprint density at radius 2 is 0.872 bits per heavy atom. The van der Waals surface area contributed by atoms with Crippen molar-refractivity contribution in [3.8, 4) is 17.2 Å². The van der Waals surface area contributed by atoms with E-state index in [2.05, 4.69) is 0 Å². The summed E-state index contributed by atoms with van der Waals surface area (Å²) in [6.07, 6.45) is -0.761. The third-order valence-corrected chi connectivity index (χ3v) is 6.75. The molecular weight excluding hydrogens is 484 g/mol. The van der Waals surface area contributed by atoms with Crippen LogP contribution in [0.3, 0.4) is 0 Å². The fraction of sp³-hybridized carbons (Fsp3) is 0.143. The van der Waals surface area contributed by atoms with Crippen molar-refractivity contribution in [1.82, 2.24) is 0 Å². The van der Waals surface area contributed by atoms with Gasteiger partial charge in [-0.25, -0.2) is 0 Å². The van der Waals surface area contributed by atoms with Crippen LogP contribution in [0.15, 0.2) is 133 Å². The zero-order valence-corrected chi connectivity index (χ0v) is 21.9. The maximum atomic E-state index is 11.6. The lowest BCUT2D eigenvalue weighted by atomic mass is 9.83. The summed E-state index contributed by atoms with van der Waals surface area (Å²) in [7, 11) is 1.64. The van der Waals surface area contributed by atoms with Crippen LogP contribution in [-0.2, 0) is 13.2 Å². The number of aliphatic hydroxyl groups is 1. The van der Waals surface area contributed by atoms with Gasteiger partial charge in [0.05, 0.1) is 13.2 Å². The van der Waals surface area contributed by atoms with Crippen LogP contribution in [0.5, 0.6) is 17.2 Å². The summed E-state index contributed by atoms with van der Waals surface area (Å²) in [6.45, 7) is 1.01. The molecule has 0 bridgehead atoms. The molecule has 5 aromatic rings. The molecule has 0 fully saturated rings. The lowest BCUT2D eigenvalue weighted by Gasteiger charge is -2.25. The van der Waals surface area contributed by atoms with E-state index < -0.39 is 6.10 Å². The number of hydrogen-bond acceptors (Lipinski definition) is 4. The monoisotopic (exact) mass is 516 g/mol. The van der Waals surface area contributed by atoms with Crippen LogP contribution >= 0.6 is 0 Å². The summed E-state index contributed by atoms with van der Waals surface area (Å²) >= 11 is 0. The summed E-state index contributed by atoms with van der Waals surface area (Å²) in [6, 6.07) is 43.7. The first-order chi connectivity index (χ1) is 19.2. The summed E-state index contributed by atoms with van der Waals surface area (Å²) in [5, 5.41) is 11.6. The van der Waals surface area contributed by atoms with E-state index in [-0.39, 0.29) is 5.92 Å². The van der Waals surface area contributed by atoms with E-state index in [1.807, 2.05) is 133 Å². The highest BCUT2D eigenvalue weighted by Crippen LogP contribution is 2.38. The highest BCUT2D eigenvalue weighted by Gasteiger charge is 2.25. The van der Waals surface area contributed by atoms with Gasteiger partial charge in [0.15, 0.2) is 0 Å². The minimum Gasteiger partial charge on any atom is -0.497 e. The molecule has 4 nitrogen and oxygen atoms in total. The first-order valence-corrected chi connectivity index (χ1v) is 13.0. The minimum absolute atomic E-state index is 0.287. The molecule has 0 aliphatic heterocycles. The van der Waals surface area contributed by atoms with Crippen molar-refractivity contribution in [2.45, 2.75) is 25.2 Å². The van der Waals surface area contributed by atoms with Gasteiger partial charge in [-0.05, 0) is 64.2 Å². The molecule has 0 unspecified atom stereocenters. The molecule has 1 N–H and O–H groups in total. The van der Waals surface area contributed by atoms with Crippen molar-refractivity contribution in [3.63, 3.8) is 0 Å². The number of methoxy groups -OCH3 is 1. The van der Waals surface area contributed by atoms with Crippen LogP contribution < -0.4 is 14.2 Å². The third-order valence-electron chi connectivity index (χ3n) is 6.75. The molecule has 0 saturated heterocycles. The lowest BCUT2D eigenvalue weighted by Crippen LogP contribution is -2.13. The van der Waals surface area contributed by atoms with Gasteiger partial charge in [-0.15, -0.1) is 0 Å². The number of aliphatic hydroxyl groups excluding tert-OH is 1. The minimum atomic E-state index is -0.761. The van der Waals surface area contributed by atoms with Crippen molar-refractivity contribution in [1.29, 1.82) is 0 Å². The lowest BCUT2D eigenvalue weighted by molar-refractivity contribution is 0.159. The Labute approximate surface area is 230 Å². The molecule has 39 heavy (non-hydrogen) atoms. The molecule has 0 saturated carbocycles. The first-order valence-electron chi connectivity index (χ1n) is 13.0. The standard InChI is InChI=1S/C35H32O4/c1-37-31-18-16-30(17-19-31)35(36)34(28-12-20-32(21-13-28)38-24-26-8-4-2-5-9-26)29-14-22-33(23-15-29)39-25-27-10-6-3-7-11-27/h2-23,34-36H,24-25H2,1H3/t35-/m0/s1. The predicted octanol–water partition coefficient (Wildman–Crippen LogP) is 7.72. The summed E-state index contributed by atoms with van der Waals surface area (Å²) < 4.78 is 17.3. The van der Waals surface area contributed by atoms with Gasteiger partial charge in [0.2, 0.25) is 0 Å². The maximum Gasteiger partial charge on any atom is 0.119 e. The van der Waals surface area contributed by atoms with Gasteiger partial charge >= 0.3 is 0 Å². The number of rotatable bonds is 11. The molecule has 0 spiro atoms. The SMILES string of the molecule is COc1ccc([C@H](O)C(c2ccc(OCc3ccccc3)cc2)c2ccc(OCc3ccccc3)cc2)cc1. The molecule has 0 aliphatic carbocycles. The van der Waals surface area contributed by atoms with E-state index in [1.54, 1.807) is 7.11 Å². The van der Waals surface area contributed by atoms with Gasteiger partial charge in [-0.3, -0.25) is 0 Å². The molecule has 0 heterocycles. The Hall–Kier alpha value is -4.54. The van der Waals surface area contributed by atoms with Crippen LogP contribution in [0.4, 0.5) is 0 Å². The molecule has 4 heteroatoms. The van der Waals surface area contributed by atoms with Crippen molar-refractivity contribution in [2.24, 2.45) is 0 Å². The Morgan fingerprint density at radius 3 is 1.28 bits per heavy atom. The second-order valence-electron chi connectivity index (χ2n) is 9.38. The second-order valence-corrected chi connectivity index (χ2v) is 9.38. The molecule has 0 aliphatic rings. The Balaban J connectivity index is 1.37. The van der Waals surface area contributed by atoms with Crippen LogP contribution in [0.2, 0.25) is 0 Å². The fourth-order valence-corrected chi connectivity index (χ4v) is 4.58. The van der Waals surface area contributed by atoms with Gasteiger partial charge < -0.3 is 19.3 Å². The summed E-state index contributed by atoms with van der Waals surface area (Å²) in [5.74, 6) is 2.03. The first kappa shape index (κ1) is 26.1. The van der Waals surface area contributed by atoms with Gasteiger partial charge in [0.25, 0.3) is 0 Å². The van der Waals surface area contributed by atoms with E-state index in [0.29, 0.717) is 13.2 Å². The van der Waals surface area contributed by atoms with Crippen molar-refractivity contribution in [3.05, 3.63) is 161 Å². The normalized spacial score (nSPS) is 11.7. The van der Waals surface area contributed by atoms with Crippen LogP contribution in [0, 0.1) is 0 Å². The van der Waals surface area contributed by atoms with Crippen molar-refractivity contribution >= 4 is 0 Å². The summed E-state index contributed by atoms with van der Waals surface area (Å²) in [5.41, 5.74) is 5.02. The third kappa shape index (κ3) is 6.86. The zero-order chi connectivity index (χ0) is 26.9. The zero-order valence-electron chi connectivity index (χ0n) is 21.9. The van der Waals surface area contributed by atoms with Gasteiger partial charge in [0, 0.05) is 5.92 Å². The molecule has 5 rings (SSSR count). The Bertz CT molecular complexity index is 1330. The van der Waals surface area contributed by atoms with E-state index >= 15 is 0 Å². The van der Waals surface area contributed by atoms with E-state index in [0.717, 1.165) is 45.1 Å². The second kappa shape index (κ2) is 12.8. The topological polar surface area (TPSA) is 47.9 Å². The van der Waals surface area contributed by atoms with Gasteiger partial charge in [-0.2, -0.15) is 0 Å². The van der Waals surface area contributed by atoms with Gasteiger partial charge in [0.1, 0.15) is 30.5 Å². The molecule has 0 aromatic heterocycles. The predicted molar refractivity (Wildman–Crippen MR) is 154 cm³/mol. The highest BCUT2D eigenvalue weighted by molar-refractivity contribution is 5.42. The highest BCUT2D eigenvalue weighted by atomic mass is 16.5. The van der Waals surface area contributed by atoms with E-state index in [4.69, 9.17) is 14.2 Å². The Kier molecular flexibility index (Phi) is 8.57. The number of hydrogen-bond donors (Lipinski definition) is 1. The average Bonchev–Trinajstić information content (AvgIpc) is 3.01. The van der Waals surface area contributed by atoms with E-state index in [9.17, 15) is 5.11 Å². The Morgan fingerprint density at radius 1 is 0.487 bits per heavy atom. The van der Waals surface area contributed by atoms with Crippen LogP contribution in [-0.4, -0.2) is 12.2 Å². The average molecular weight is 517 g/mol. The molecule has 5 aromatic carbocycles.